The Morgan fingerprint density at radius 1 is 0.333 bits per heavy atom. The summed E-state index contributed by atoms with van der Waals surface area (Å²) in [4.78, 5) is 86.5. The average Bonchev–Trinajstić information content (AvgIpc) is 0.789. The highest BCUT2D eigenvalue weighted by atomic mass is 19.2. The number of esters is 5. The second-order valence-corrected chi connectivity index (χ2v) is 36.3. The molecule has 0 radical (unpaired) electrons. The van der Waals surface area contributed by atoms with E-state index in [0.29, 0.717) is 97.2 Å². The van der Waals surface area contributed by atoms with Crippen LogP contribution in [0.5, 0.6) is 11.5 Å². The number of benzene rings is 6. The third-order valence-electron chi connectivity index (χ3n) is 18.1. The number of carbonyl (C=O) groups excluding carboxylic acids is 8. The first-order chi connectivity index (χ1) is 67.8. The Morgan fingerprint density at radius 2 is 0.660 bits per heavy atom. The normalized spacial score (nSPS) is 10.4. The molecule has 147 heavy (non-hydrogen) atoms. The molecule has 6 aromatic rings. The summed E-state index contributed by atoms with van der Waals surface area (Å²) in [6.45, 7) is 78.8. The molecule has 6 rings (SSSR count). The van der Waals surface area contributed by atoms with Crippen molar-refractivity contribution < 1.29 is 160 Å². The van der Waals surface area contributed by atoms with Crippen LogP contribution in [0.1, 0.15) is 298 Å². The molecule has 0 unspecified atom stereocenters. The fourth-order valence-corrected chi connectivity index (χ4v) is 10.8. The van der Waals surface area contributed by atoms with Gasteiger partial charge in [-0.15, -0.1) is 0 Å². The number of halogens is 18. The molecular weight excluding hydrogens is 1960 g/mol. The Balaban J connectivity index is -0.000000508. The van der Waals surface area contributed by atoms with Crippen LogP contribution in [-0.2, 0) is 77.9 Å². The van der Waals surface area contributed by atoms with Crippen LogP contribution in [0.3, 0.4) is 0 Å². The van der Waals surface area contributed by atoms with Gasteiger partial charge in [0, 0.05) is 66.0 Å². The predicted molar refractivity (Wildman–Crippen MR) is 538 cm³/mol. The zero-order valence-electron chi connectivity index (χ0n) is 90.0. The number of hydrogen-bond acceptors (Lipinski definition) is 17. The van der Waals surface area contributed by atoms with Crippen LogP contribution in [0.2, 0.25) is 0 Å². The summed E-state index contributed by atoms with van der Waals surface area (Å²) in [7, 11) is 0. The highest BCUT2D eigenvalue weighted by Gasteiger charge is 2.31. The molecule has 0 atom stereocenters. The van der Waals surface area contributed by atoms with E-state index in [9.17, 15) is 117 Å². The van der Waals surface area contributed by atoms with E-state index in [1.54, 1.807) is 96.9 Å². The van der Waals surface area contributed by atoms with E-state index >= 15 is 0 Å². The van der Waals surface area contributed by atoms with Gasteiger partial charge in [0.15, 0.2) is 94.8 Å². The van der Waals surface area contributed by atoms with Crippen molar-refractivity contribution in [2.75, 3.05) is 26.8 Å². The highest BCUT2D eigenvalue weighted by Crippen LogP contribution is 2.35. The third-order valence-corrected chi connectivity index (χ3v) is 18.1. The van der Waals surface area contributed by atoms with Gasteiger partial charge in [-0.1, -0.05) is 184 Å². The predicted octanol–water partition coefficient (Wildman–Crippen LogP) is 30.6. The van der Waals surface area contributed by atoms with Gasteiger partial charge in [-0.2, -0.15) is 17.6 Å². The minimum Gasteiger partial charge on any atom is -0.463 e. The smallest absolute Gasteiger partial charge is 0.333 e. The quantitative estimate of drug-likeness (QED) is 0.00514. The van der Waals surface area contributed by atoms with Gasteiger partial charge in [0.05, 0.1) is 54.9 Å². The summed E-state index contributed by atoms with van der Waals surface area (Å²) in [5, 5.41) is 0. The van der Waals surface area contributed by atoms with Crippen LogP contribution >= 0.6 is 0 Å². The molecule has 0 heterocycles. The van der Waals surface area contributed by atoms with Crippen molar-refractivity contribution in [3.8, 4) is 11.5 Å². The Hall–Kier alpha value is -12.1. The summed E-state index contributed by atoms with van der Waals surface area (Å²) >= 11 is 0. The molecule has 0 saturated heterocycles. The molecule has 35 heteroatoms. The highest BCUT2D eigenvalue weighted by molar-refractivity contribution is 5.94. The second-order valence-electron chi connectivity index (χ2n) is 36.3. The first-order valence-electron chi connectivity index (χ1n) is 46.8. The topological polar surface area (TPSA) is 220 Å². The largest absolute Gasteiger partial charge is 0.463 e. The number of allylic oxidation sites excluding steroid dienone is 2. The van der Waals surface area contributed by atoms with Gasteiger partial charge in [-0.3, -0.25) is 19.2 Å². The van der Waals surface area contributed by atoms with Gasteiger partial charge in [-0.25, -0.2) is 80.6 Å². The first-order valence-corrected chi connectivity index (χ1v) is 46.8. The van der Waals surface area contributed by atoms with E-state index in [2.05, 4.69) is 138 Å². The molecule has 0 bridgehead atoms. The molecule has 0 aromatic heterocycles. The summed E-state index contributed by atoms with van der Waals surface area (Å²) in [5.41, 5.74) is 7.32. The van der Waals surface area contributed by atoms with Gasteiger partial charge in [0.1, 0.15) is 5.78 Å². The summed E-state index contributed by atoms with van der Waals surface area (Å²) < 4.78 is 277. The molecule has 0 aliphatic carbocycles. The van der Waals surface area contributed by atoms with E-state index < -0.39 is 170 Å². The number of rotatable bonds is 38. The van der Waals surface area contributed by atoms with E-state index in [4.69, 9.17) is 28.4 Å². The molecule has 0 fully saturated rings. The fourth-order valence-electron chi connectivity index (χ4n) is 10.8. The first kappa shape index (κ1) is 143. The lowest BCUT2D eigenvalue weighted by Crippen LogP contribution is -2.13. The molecule has 0 aliphatic rings. The molecule has 0 aliphatic heterocycles. The lowest BCUT2D eigenvalue weighted by atomic mass is 9.93. The second kappa shape index (κ2) is 74.7. The minimum absolute atomic E-state index is 0.0412. The number of ether oxygens (including phenoxy) is 9. The number of aryl methyl sites for hydroxylation is 3. The maximum atomic E-state index is 13.4. The fraction of sp³-hybridized carbons (Fsp3) is 0.464. The Morgan fingerprint density at radius 3 is 0.932 bits per heavy atom. The monoisotopic (exact) mass is 2110 g/mol. The third kappa shape index (κ3) is 58.3. The van der Waals surface area contributed by atoms with Gasteiger partial charge >= 0.3 is 29.8 Å². The number of hydrogen-bond donors (Lipinski definition) is 0. The average molecular weight is 2110 g/mol. The zero-order valence-corrected chi connectivity index (χ0v) is 90.0. The SMILES string of the molecule is C=C(C)C(=O)CC(C)C.C=C(C)C(=O)OC(C)C.C=C(C)C(=O)OCCCC(=O)CC(C)C.C=C(C)C(=O)OCCCC(=O)OC(C)C.C=CC(=O)CC(C)C.C=CC(=O)OC(C)C.C=Cc1c(F)c(F)c(C(C)C)c(F)c1F.C=Cc1c(F)c(F)c(OCOC(C)C)c(F)c1F.CC(C)OCOc1c(F)c(F)c(F)c(F)c1F.CC(C)c1c(F)c(F)c(F)c(F)c1F.Cc1ccc(Cc2ccc(C(C)C)c(C)c2)cc1C. The number of Topliss-reactive ketones (excluding diaryl/α,β-unsaturated/α-hetero) is 2. The van der Waals surface area contributed by atoms with Crippen LogP contribution in [-0.4, -0.2) is 105 Å². The molecule has 6 aromatic carbocycles. The van der Waals surface area contributed by atoms with E-state index in [-0.39, 0.29) is 84.8 Å². The van der Waals surface area contributed by atoms with Crippen molar-refractivity contribution >= 4 is 59.3 Å². The van der Waals surface area contributed by atoms with Crippen LogP contribution in [0.25, 0.3) is 12.2 Å². The molecule has 824 valence electrons. The molecule has 0 N–H and O–H groups in total. The minimum atomic E-state index is -2.22. The molecular formula is C112H148F18O17. The Labute approximate surface area is 855 Å². The molecule has 0 saturated carbocycles. The summed E-state index contributed by atoms with van der Waals surface area (Å²) in [6, 6.07) is 13.7. The maximum Gasteiger partial charge on any atom is 0.333 e. The number of ketones is 3. The van der Waals surface area contributed by atoms with Crippen LogP contribution in [0.4, 0.5) is 79.0 Å². The molecule has 17 nitrogen and oxygen atoms in total. The van der Waals surface area contributed by atoms with E-state index in [1.165, 1.54) is 67.2 Å². The van der Waals surface area contributed by atoms with Gasteiger partial charge in [0.25, 0.3) is 0 Å². The summed E-state index contributed by atoms with van der Waals surface area (Å²) in [6.07, 6.45) is 7.94. The van der Waals surface area contributed by atoms with Crippen molar-refractivity contribution in [2.45, 2.75) is 300 Å². The van der Waals surface area contributed by atoms with Crippen molar-refractivity contribution in [2.24, 2.45) is 17.8 Å². The Kier molecular flexibility index (Phi) is 72.8. The lowest BCUT2D eigenvalue weighted by Gasteiger charge is -2.12. The maximum absolute atomic E-state index is 13.4. The van der Waals surface area contributed by atoms with E-state index in [0.717, 1.165) is 18.6 Å². The molecule has 0 spiro atoms. The van der Waals surface area contributed by atoms with Crippen molar-refractivity contribution in [3.63, 3.8) is 0 Å². The standard InChI is InChI=1S/C19H24.C12H12F4O2.C12H20O3.C11H10F4.C11H18O4.C10H9F5O2.C9H7F5.C8H14O.C7H12O2.C7H12O.C6H10O2/c1-13(2)19-9-8-18(11-16(19)5)12-17-7-6-14(3)15(4)10-17;1-4-7-8(13)10(15)12(11(16)9(7)14)18-5-17-6(2)3;1-9(2)8-11(13)6-5-7-15-12(14)10(3)4;1-4-6-8(12)10(14)7(5(2)3)11(15)9(6)13;1-8(2)11(13)14-7-5-6-10(12)15-9(3)4;1-4(2)16-3-17-10-8(14)6(12)5(11)7(13)9(10)15;1-3(2)4-5(10)7(12)9(14)8(13)6(4)11;1-6(2)5-8(9)7(3)4;1-5(2)7(8)9-6(3)4;1-4-7(8)5-6(2)3;1-4-6(7)8-5(2)3/h6-11,13H,12H2,1-5H3;4,6H,1,5H2,2-3H3;9H,3,5-8H2,1-2,4H3;4-5H,1H2,2-3H3;9H,1,5-7H2,2-4H3;4H,3H2,1-2H3;3H,1-2H3;6H,3,5H2,1-2,4H3;6H,1H2,2-4H3;4,6H,1,5H2,2-3H3;4-5H,1H2,2-3H3. The van der Waals surface area contributed by atoms with Crippen molar-refractivity contribution in [3.05, 3.63) is 284 Å². The van der Waals surface area contributed by atoms with Crippen molar-refractivity contribution in [1.29, 1.82) is 0 Å². The van der Waals surface area contributed by atoms with Crippen LogP contribution in [0.15, 0.2) is 123 Å². The van der Waals surface area contributed by atoms with Crippen LogP contribution < -0.4 is 9.47 Å². The van der Waals surface area contributed by atoms with Gasteiger partial charge in [-0.05, 0) is 218 Å². The van der Waals surface area contributed by atoms with Crippen molar-refractivity contribution in [1.82, 2.24) is 0 Å². The molecule has 0 amide bonds. The van der Waals surface area contributed by atoms with Gasteiger partial charge in [0.2, 0.25) is 46.5 Å². The lowest BCUT2D eigenvalue weighted by molar-refractivity contribution is -0.149. The Bertz CT molecular complexity index is 5090. The van der Waals surface area contributed by atoms with Gasteiger partial charge < -0.3 is 42.6 Å². The number of carbonyl (C=O) groups is 8. The van der Waals surface area contributed by atoms with E-state index in [1.807, 2.05) is 41.5 Å². The summed E-state index contributed by atoms with van der Waals surface area (Å²) in [5.74, 6) is -34.8. The van der Waals surface area contributed by atoms with Crippen LogP contribution in [0, 0.1) is 143 Å². The zero-order chi connectivity index (χ0) is 116.